The number of nitrogens with one attached hydrogen (secondary N) is 1. The van der Waals surface area contributed by atoms with Gasteiger partial charge in [-0.05, 0) is 47.5 Å². The Labute approximate surface area is 197 Å². The Morgan fingerprint density at radius 1 is 1.03 bits per heavy atom. The minimum absolute atomic E-state index is 0.114. The fraction of sp³-hybridized carbons (Fsp3) is 0.148. The van der Waals surface area contributed by atoms with Crippen LogP contribution in [0.1, 0.15) is 21.7 Å². The quantitative estimate of drug-likeness (QED) is 0.456. The molecule has 0 saturated carbocycles. The van der Waals surface area contributed by atoms with Crippen LogP contribution in [-0.4, -0.2) is 34.0 Å². The van der Waals surface area contributed by atoms with E-state index in [2.05, 4.69) is 16.4 Å². The molecule has 1 aliphatic heterocycles. The molecule has 0 radical (unpaired) electrons. The fourth-order valence-electron chi connectivity index (χ4n) is 4.34. The molecule has 7 heteroatoms. The molecule has 1 amide bonds. The first-order valence-corrected chi connectivity index (χ1v) is 11.0. The summed E-state index contributed by atoms with van der Waals surface area (Å²) in [6.07, 6.45) is 3.38. The summed E-state index contributed by atoms with van der Waals surface area (Å²) in [5, 5.41) is 13.5. The van der Waals surface area contributed by atoms with E-state index in [-0.39, 0.29) is 5.91 Å². The molecule has 0 unspecified atom stereocenters. The molecule has 0 bridgehead atoms. The van der Waals surface area contributed by atoms with Gasteiger partial charge in [-0.1, -0.05) is 30.3 Å². The van der Waals surface area contributed by atoms with E-state index in [1.807, 2.05) is 76.2 Å². The van der Waals surface area contributed by atoms with E-state index in [9.17, 15) is 10.1 Å². The van der Waals surface area contributed by atoms with Gasteiger partial charge in [0.1, 0.15) is 23.2 Å². The number of para-hydroxylation sites is 1. The predicted molar refractivity (Wildman–Crippen MR) is 130 cm³/mol. The molecule has 4 aromatic rings. The van der Waals surface area contributed by atoms with Crippen LogP contribution in [-0.2, 0) is 13.1 Å². The zero-order chi connectivity index (χ0) is 23.5. The lowest BCUT2D eigenvalue weighted by Gasteiger charge is -2.29. The molecule has 168 valence electrons. The zero-order valence-electron chi connectivity index (χ0n) is 18.7. The van der Waals surface area contributed by atoms with E-state index in [1.54, 1.807) is 19.5 Å². The minimum atomic E-state index is -0.114. The van der Waals surface area contributed by atoms with Crippen molar-refractivity contribution in [2.75, 3.05) is 19.0 Å². The smallest absolute Gasteiger partial charge is 0.273 e. The number of anilines is 2. The number of benzene rings is 2. The van der Waals surface area contributed by atoms with Crippen molar-refractivity contribution in [3.05, 3.63) is 96.1 Å². The average molecular weight is 450 g/mol. The van der Waals surface area contributed by atoms with Crippen molar-refractivity contribution in [3.63, 3.8) is 0 Å². The summed E-state index contributed by atoms with van der Waals surface area (Å²) in [6.45, 7) is 1.53. The Bertz CT molecular complexity index is 1360. The highest BCUT2D eigenvalue weighted by atomic mass is 16.5. The topological polar surface area (TPSA) is 83.2 Å². The zero-order valence-corrected chi connectivity index (χ0v) is 18.7. The van der Waals surface area contributed by atoms with E-state index in [0.717, 1.165) is 22.6 Å². The van der Waals surface area contributed by atoms with E-state index >= 15 is 0 Å². The first kappa shape index (κ1) is 21.3. The van der Waals surface area contributed by atoms with Crippen molar-refractivity contribution in [2.45, 2.75) is 13.1 Å². The van der Waals surface area contributed by atoms with Crippen LogP contribution in [0.3, 0.4) is 0 Å². The van der Waals surface area contributed by atoms with Crippen molar-refractivity contribution < 1.29 is 9.53 Å². The molecular weight excluding hydrogens is 426 g/mol. The van der Waals surface area contributed by atoms with Crippen molar-refractivity contribution >= 4 is 17.3 Å². The molecule has 5 rings (SSSR count). The van der Waals surface area contributed by atoms with Gasteiger partial charge in [0.05, 0.1) is 12.8 Å². The maximum absolute atomic E-state index is 13.8. The monoisotopic (exact) mass is 449 g/mol. The van der Waals surface area contributed by atoms with Gasteiger partial charge in [-0.3, -0.25) is 9.78 Å². The summed E-state index contributed by atoms with van der Waals surface area (Å²) in [5.74, 6) is 0.662. The number of rotatable bonds is 6. The number of methoxy groups -OCH3 is 1. The van der Waals surface area contributed by atoms with Gasteiger partial charge in [0, 0.05) is 43.3 Å². The Morgan fingerprint density at radius 3 is 2.44 bits per heavy atom. The largest absolute Gasteiger partial charge is 0.497 e. The van der Waals surface area contributed by atoms with Crippen molar-refractivity contribution in [2.24, 2.45) is 0 Å². The van der Waals surface area contributed by atoms with Crippen molar-refractivity contribution in [3.8, 4) is 22.9 Å². The maximum Gasteiger partial charge on any atom is 0.273 e. The average Bonchev–Trinajstić information content (AvgIpc) is 3.21. The van der Waals surface area contributed by atoms with Crippen LogP contribution in [0, 0.1) is 11.3 Å². The SMILES string of the molecule is COc1ccc(CN2CCn3c(C#N)c(-c4ccncc4)c(Nc4ccccc4)c3C2=O)cc1. The fourth-order valence-corrected chi connectivity index (χ4v) is 4.34. The molecule has 2 aromatic carbocycles. The number of hydrogen-bond acceptors (Lipinski definition) is 5. The second kappa shape index (κ2) is 9.12. The third-order valence-electron chi connectivity index (χ3n) is 6.00. The van der Waals surface area contributed by atoms with Gasteiger partial charge in [-0.15, -0.1) is 0 Å². The minimum Gasteiger partial charge on any atom is -0.497 e. The molecule has 1 aliphatic rings. The van der Waals surface area contributed by atoms with Crippen LogP contribution in [0.25, 0.3) is 11.1 Å². The summed E-state index contributed by atoms with van der Waals surface area (Å²) >= 11 is 0. The van der Waals surface area contributed by atoms with Crippen LogP contribution in [0.4, 0.5) is 11.4 Å². The molecule has 34 heavy (non-hydrogen) atoms. The molecule has 0 saturated heterocycles. The van der Waals surface area contributed by atoms with Crippen molar-refractivity contribution in [1.82, 2.24) is 14.5 Å². The van der Waals surface area contributed by atoms with E-state index < -0.39 is 0 Å². The highest BCUT2D eigenvalue weighted by Gasteiger charge is 2.34. The van der Waals surface area contributed by atoms with Crippen LogP contribution in [0.5, 0.6) is 5.75 Å². The van der Waals surface area contributed by atoms with Gasteiger partial charge in [0.25, 0.3) is 5.91 Å². The second-order valence-corrected chi connectivity index (χ2v) is 8.01. The van der Waals surface area contributed by atoms with Gasteiger partial charge in [-0.2, -0.15) is 5.26 Å². The molecule has 7 nitrogen and oxygen atoms in total. The van der Waals surface area contributed by atoms with E-state index in [0.29, 0.717) is 42.3 Å². The molecular formula is C27H23N5O2. The Hall–Kier alpha value is -4.57. The molecule has 1 N–H and O–H groups in total. The molecule has 0 spiro atoms. The lowest BCUT2D eigenvalue weighted by Crippen LogP contribution is -2.40. The predicted octanol–water partition coefficient (Wildman–Crippen LogP) is 4.83. The number of fused-ring (bicyclic) bond motifs is 1. The first-order valence-electron chi connectivity index (χ1n) is 11.0. The highest BCUT2D eigenvalue weighted by Crippen LogP contribution is 2.40. The number of carbonyl (C=O) groups excluding carboxylic acids is 1. The summed E-state index contributed by atoms with van der Waals surface area (Å²) in [5.41, 5.74) is 5.00. The normalized spacial score (nSPS) is 12.7. The number of hydrogen-bond donors (Lipinski definition) is 1. The Morgan fingerprint density at radius 2 is 1.76 bits per heavy atom. The third-order valence-corrected chi connectivity index (χ3v) is 6.00. The number of carbonyl (C=O) groups is 1. The van der Waals surface area contributed by atoms with Gasteiger partial charge in [0.2, 0.25) is 0 Å². The number of ether oxygens (including phenoxy) is 1. The molecule has 2 aromatic heterocycles. The standard InChI is InChI=1S/C27H23N5O2/c1-34-22-9-7-19(8-10-22)18-31-15-16-32-23(17-28)24(20-11-13-29-14-12-20)25(26(32)27(31)33)30-21-5-3-2-4-6-21/h2-14,30H,15-16,18H2,1H3. The summed E-state index contributed by atoms with van der Waals surface area (Å²) in [6, 6.07) is 23.5. The number of aromatic nitrogens is 2. The lowest BCUT2D eigenvalue weighted by molar-refractivity contribution is 0.0692. The summed E-state index contributed by atoms with van der Waals surface area (Å²) < 4.78 is 7.08. The molecule has 0 aliphatic carbocycles. The molecule has 0 fully saturated rings. The number of pyridine rings is 1. The van der Waals surface area contributed by atoms with Crippen LogP contribution in [0.15, 0.2) is 79.1 Å². The van der Waals surface area contributed by atoms with Crippen molar-refractivity contribution in [1.29, 1.82) is 5.26 Å². The van der Waals surface area contributed by atoms with Gasteiger partial charge >= 0.3 is 0 Å². The molecule has 3 heterocycles. The summed E-state index contributed by atoms with van der Waals surface area (Å²) in [4.78, 5) is 19.7. The number of amides is 1. The van der Waals surface area contributed by atoms with Gasteiger partial charge < -0.3 is 19.5 Å². The van der Waals surface area contributed by atoms with Crippen LogP contribution < -0.4 is 10.1 Å². The number of nitrogens with zero attached hydrogens (tertiary/aromatic N) is 4. The van der Waals surface area contributed by atoms with E-state index in [4.69, 9.17) is 4.74 Å². The number of nitriles is 1. The Kier molecular flexibility index (Phi) is 5.71. The first-order chi connectivity index (χ1) is 16.7. The maximum atomic E-state index is 13.8. The van der Waals surface area contributed by atoms with E-state index in [1.165, 1.54) is 0 Å². The van der Waals surface area contributed by atoms with Gasteiger partial charge in [-0.25, -0.2) is 0 Å². The summed E-state index contributed by atoms with van der Waals surface area (Å²) in [7, 11) is 1.63. The lowest BCUT2D eigenvalue weighted by atomic mass is 10.0. The van der Waals surface area contributed by atoms with Crippen LogP contribution >= 0.6 is 0 Å². The molecule has 0 atom stereocenters. The third kappa shape index (κ3) is 3.86. The van der Waals surface area contributed by atoms with Crippen LogP contribution in [0.2, 0.25) is 0 Å². The highest BCUT2D eigenvalue weighted by molar-refractivity contribution is 6.05. The van der Waals surface area contributed by atoms with Gasteiger partial charge in [0.15, 0.2) is 0 Å². The second-order valence-electron chi connectivity index (χ2n) is 8.01. The Balaban J connectivity index is 1.60.